The molecular formula is C22H24ClN3O4S2. The molecule has 0 spiro atoms. The van der Waals surface area contributed by atoms with Crippen LogP contribution in [-0.2, 0) is 21.4 Å². The van der Waals surface area contributed by atoms with E-state index in [4.69, 9.17) is 11.6 Å². The third-order valence-electron chi connectivity index (χ3n) is 5.66. The highest BCUT2D eigenvalue weighted by molar-refractivity contribution is 7.89. The van der Waals surface area contributed by atoms with E-state index in [0.717, 1.165) is 23.3 Å². The first-order valence-electron chi connectivity index (χ1n) is 10.5. The van der Waals surface area contributed by atoms with Crippen LogP contribution in [0.1, 0.15) is 26.2 Å². The standard InChI is InChI=1S/C22H24ClN3O4S2/c1-2-11-26-19-8-7-18(14-20(19)31-22(26)28)32(29,30)25-12-9-15(10-13-25)21(27)24-17-5-3-16(23)4-6-17/h3-8,14-15H,2,9-13H2,1H3,(H,24,27). The molecule has 10 heteroatoms. The Bertz CT molecular complexity index is 1290. The number of rotatable bonds is 6. The maximum absolute atomic E-state index is 13.2. The number of thiazole rings is 1. The van der Waals surface area contributed by atoms with E-state index in [2.05, 4.69) is 5.32 Å². The zero-order chi connectivity index (χ0) is 22.9. The lowest BCUT2D eigenvalue weighted by molar-refractivity contribution is -0.120. The van der Waals surface area contributed by atoms with Crippen LogP contribution in [0.5, 0.6) is 0 Å². The van der Waals surface area contributed by atoms with E-state index < -0.39 is 10.0 Å². The second-order valence-corrected chi connectivity index (χ2v) is 11.2. The Morgan fingerprint density at radius 2 is 1.84 bits per heavy atom. The van der Waals surface area contributed by atoms with Gasteiger partial charge < -0.3 is 5.32 Å². The fraction of sp³-hybridized carbons (Fsp3) is 0.364. The molecule has 2 aromatic carbocycles. The average Bonchev–Trinajstić information content (AvgIpc) is 3.10. The number of benzene rings is 2. The normalized spacial score (nSPS) is 15.8. The lowest BCUT2D eigenvalue weighted by Gasteiger charge is -2.30. The summed E-state index contributed by atoms with van der Waals surface area (Å²) in [5, 5.41) is 3.46. The van der Waals surface area contributed by atoms with Crippen LogP contribution in [0.15, 0.2) is 52.2 Å². The highest BCUT2D eigenvalue weighted by atomic mass is 35.5. The van der Waals surface area contributed by atoms with Crippen molar-refractivity contribution in [2.75, 3.05) is 18.4 Å². The molecule has 0 radical (unpaired) electrons. The van der Waals surface area contributed by atoms with Crippen molar-refractivity contribution in [3.05, 3.63) is 57.2 Å². The summed E-state index contributed by atoms with van der Waals surface area (Å²) in [6, 6.07) is 11.7. The van der Waals surface area contributed by atoms with E-state index >= 15 is 0 Å². The number of halogens is 1. The molecule has 4 rings (SSSR count). The van der Waals surface area contributed by atoms with Gasteiger partial charge in [-0.15, -0.1) is 0 Å². The van der Waals surface area contributed by atoms with E-state index in [1.165, 1.54) is 4.31 Å². The van der Waals surface area contributed by atoms with Gasteiger partial charge in [0.2, 0.25) is 15.9 Å². The number of piperidine rings is 1. The summed E-state index contributed by atoms with van der Waals surface area (Å²) in [7, 11) is -3.70. The number of nitrogens with zero attached hydrogens (tertiary/aromatic N) is 2. The first-order valence-corrected chi connectivity index (χ1v) is 13.1. The Hall–Kier alpha value is -2.20. The summed E-state index contributed by atoms with van der Waals surface area (Å²) in [4.78, 5) is 24.9. The monoisotopic (exact) mass is 493 g/mol. The summed E-state index contributed by atoms with van der Waals surface area (Å²) >= 11 is 6.94. The molecule has 1 fully saturated rings. The summed E-state index contributed by atoms with van der Waals surface area (Å²) in [5.74, 6) is -0.374. The lowest BCUT2D eigenvalue weighted by atomic mass is 9.97. The summed E-state index contributed by atoms with van der Waals surface area (Å²) < 4.78 is 30.1. The Balaban J connectivity index is 1.45. The molecule has 1 saturated heterocycles. The molecule has 1 aliphatic heterocycles. The van der Waals surface area contributed by atoms with Gasteiger partial charge in [0.1, 0.15) is 0 Å². The van der Waals surface area contributed by atoms with Crippen LogP contribution in [0.4, 0.5) is 5.69 Å². The number of carbonyl (C=O) groups excluding carboxylic acids is 1. The molecule has 3 aromatic rings. The van der Waals surface area contributed by atoms with Crippen LogP contribution in [0.2, 0.25) is 5.02 Å². The largest absolute Gasteiger partial charge is 0.326 e. The maximum Gasteiger partial charge on any atom is 0.308 e. The van der Waals surface area contributed by atoms with Crippen molar-refractivity contribution in [2.24, 2.45) is 5.92 Å². The zero-order valence-corrected chi connectivity index (χ0v) is 20.0. The van der Waals surface area contributed by atoms with Crippen LogP contribution in [-0.4, -0.2) is 36.3 Å². The molecule has 1 aliphatic rings. The molecule has 1 N–H and O–H groups in total. The van der Waals surface area contributed by atoms with E-state index in [-0.39, 0.29) is 34.7 Å². The van der Waals surface area contributed by atoms with E-state index in [1.54, 1.807) is 47.0 Å². The van der Waals surface area contributed by atoms with Crippen LogP contribution in [0, 0.1) is 5.92 Å². The van der Waals surface area contributed by atoms with Crippen molar-refractivity contribution in [3.63, 3.8) is 0 Å². The van der Waals surface area contributed by atoms with Crippen LogP contribution in [0.3, 0.4) is 0 Å². The molecule has 0 atom stereocenters. The number of amides is 1. The minimum Gasteiger partial charge on any atom is -0.326 e. The SMILES string of the molecule is CCCn1c(=O)sc2cc(S(=O)(=O)N3CCC(C(=O)Nc4ccc(Cl)cc4)CC3)ccc21. The van der Waals surface area contributed by atoms with Crippen LogP contribution >= 0.6 is 22.9 Å². The number of hydrogen-bond donors (Lipinski definition) is 1. The number of anilines is 1. The molecule has 2 heterocycles. The topological polar surface area (TPSA) is 88.5 Å². The molecule has 0 saturated carbocycles. The van der Waals surface area contributed by atoms with Gasteiger partial charge in [-0.05, 0) is 61.7 Å². The Morgan fingerprint density at radius 1 is 1.16 bits per heavy atom. The second-order valence-electron chi connectivity index (χ2n) is 7.82. The van der Waals surface area contributed by atoms with Crippen molar-refractivity contribution in [2.45, 2.75) is 37.6 Å². The number of fused-ring (bicyclic) bond motifs is 1. The lowest BCUT2D eigenvalue weighted by Crippen LogP contribution is -2.41. The fourth-order valence-electron chi connectivity index (χ4n) is 3.93. The smallest absolute Gasteiger partial charge is 0.308 e. The van der Waals surface area contributed by atoms with Gasteiger partial charge >= 0.3 is 4.87 Å². The molecule has 32 heavy (non-hydrogen) atoms. The van der Waals surface area contributed by atoms with Crippen molar-refractivity contribution in [1.29, 1.82) is 0 Å². The van der Waals surface area contributed by atoms with E-state index in [0.29, 0.717) is 34.8 Å². The average molecular weight is 494 g/mol. The number of aryl methyl sites for hydroxylation is 1. The van der Waals surface area contributed by atoms with Crippen molar-refractivity contribution in [1.82, 2.24) is 8.87 Å². The maximum atomic E-state index is 13.2. The quantitative estimate of drug-likeness (QED) is 0.558. The second kappa shape index (κ2) is 9.35. The zero-order valence-electron chi connectivity index (χ0n) is 17.6. The molecule has 0 aliphatic carbocycles. The van der Waals surface area contributed by atoms with Gasteiger partial charge in [0.25, 0.3) is 0 Å². The van der Waals surface area contributed by atoms with Gasteiger partial charge in [0, 0.05) is 36.3 Å². The van der Waals surface area contributed by atoms with Gasteiger partial charge in [-0.2, -0.15) is 4.31 Å². The minimum absolute atomic E-state index is 0.0797. The number of sulfonamides is 1. The predicted octanol–water partition coefficient (Wildman–Crippen LogP) is 4.17. The third kappa shape index (κ3) is 4.61. The minimum atomic E-state index is -3.70. The molecule has 0 unspecified atom stereocenters. The molecule has 7 nitrogen and oxygen atoms in total. The summed E-state index contributed by atoms with van der Waals surface area (Å²) in [6.45, 7) is 3.14. The Labute approximate surface area is 195 Å². The highest BCUT2D eigenvalue weighted by Gasteiger charge is 2.32. The Kier molecular flexibility index (Phi) is 6.71. The van der Waals surface area contributed by atoms with Gasteiger partial charge in [-0.3, -0.25) is 14.2 Å². The molecule has 0 bridgehead atoms. The van der Waals surface area contributed by atoms with E-state index in [9.17, 15) is 18.0 Å². The number of aromatic nitrogens is 1. The first kappa shape index (κ1) is 23.0. The summed E-state index contributed by atoms with van der Waals surface area (Å²) in [6.07, 6.45) is 1.72. The van der Waals surface area contributed by atoms with Gasteiger partial charge in [-0.25, -0.2) is 8.42 Å². The van der Waals surface area contributed by atoms with E-state index in [1.807, 2.05) is 6.92 Å². The third-order valence-corrected chi connectivity index (χ3v) is 8.75. The number of hydrogen-bond acceptors (Lipinski definition) is 5. The van der Waals surface area contributed by atoms with Crippen molar-refractivity contribution in [3.8, 4) is 0 Å². The first-order chi connectivity index (χ1) is 15.3. The number of nitrogens with one attached hydrogen (secondary N) is 1. The fourth-order valence-corrected chi connectivity index (χ4v) is 6.58. The predicted molar refractivity (Wildman–Crippen MR) is 128 cm³/mol. The Morgan fingerprint density at radius 3 is 2.50 bits per heavy atom. The van der Waals surface area contributed by atoms with Gasteiger partial charge in [0.05, 0.1) is 15.1 Å². The molecule has 1 aromatic heterocycles. The van der Waals surface area contributed by atoms with Crippen molar-refractivity contribution < 1.29 is 13.2 Å². The highest BCUT2D eigenvalue weighted by Crippen LogP contribution is 2.28. The van der Waals surface area contributed by atoms with Crippen molar-refractivity contribution >= 4 is 54.8 Å². The van der Waals surface area contributed by atoms with Crippen LogP contribution < -0.4 is 10.2 Å². The summed E-state index contributed by atoms with van der Waals surface area (Å²) in [5.41, 5.74) is 1.43. The molecular weight excluding hydrogens is 470 g/mol. The van der Waals surface area contributed by atoms with Crippen LogP contribution in [0.25, 0.3) is 10.2 Å². The molecule has 170 valence electrons. The molecule has 1 amide bonds. The van der Waals surface area contributed by atoms with Gasteiger partial charge in [0.15, 0.2) is 0 Å². The van der Waals surface area contributed by atoms with Gasteiger partial charge in [-0.1, -0.05) is 29.9 Å². The number of carbonyl (C=O) groups is 1.